The Hall–Kier alpha value is -1.66. The van der Waals surface area contributed by atoms with E-state index in [4.69, 9.17) is 9.47 Å². The zero-order valence-corrected chi connectivity index (χ0v) is 16.9. The number of hydrogen-bond acceptors (Lipinski definition) is 5. The van der Waals surface area contributed by atoms with Crippen molar-refractivity contribution < 1.29 is 14.3 Å². The van der Waals surface area contributed by atoms with E-state index in [2.05, 4.69) is 17.0 Å². The topological polar surface area (TPSA) is 38.8 Å². The fraction of sp³-hybridized carbons (Fsp3) is 0.435. The highest BCUT2D eigenvalue weighted by Crippen LogP contribution is 2.36. The van der Waals surface area contributed by atoms with Crippen LogP contribution in [-0.4, -0.2) is 48.1 Å². The molecule has 2 saturated heterocycles. The summed E-state index contributed by atoms with van der Waals surface area (Å²) in [6, 6.07) is 19.8. The van der Waals surface area contributed by atoms with Crippen molar-refractivity contribution in [3.8, 4) is 0 Å². The van der Waals surface area contributed by atoms with Crippen LogP contribution in [0.4, 0.5) is 0 Å². The molecule has 0 bridgehead atoms. The lowest BCUT2D eigenvalue weighted by atomic mass is 10.0. The molecule has 5 heteroatoms. The normalized spacial score (nSPS) is 21.8. The summed E-state index contributed by atoms with van der Waals surface area (Å²) in [4.78, 5) is 14.9. The van der Waals surface area contributed by atoms with E-state index in [-0.39, 0.29) is 5.12 Å². The third-order valence-electron chi connectivity index (χ3n) is 5.46. The number of ether oxygens (including phenoxy) is 2. The summed E-state index contributed by atoms with van der Waals surface area (Å²) in [5, 5.41) is 0.568. The first-order valence-electron chi connectivity index (χ1n) is 10.1. The molecule has 2 aromatic carbocycles. The fourth-order valence-electron chi connectivity index (χ4n) is 4.03. The number of benzene rings is 2. The largest absolute Gasteiger partial charge is 0.343 e. The highest BCUT2D eigenvalue weighted by atomic mass is 32.2. The Morgan fingerprint density at radius 2 is 1.71 bits per heavy atom. The van der Waals surface area contributed by atoms with E-state index in [1.807, 2.05) is 48.5 Å². The summed E-state index contributed by atoms with van der Waals surface area (Å²) >= 11 is 1.49. The molecule has 2 aliphatic rings. The van der Waals surface area contributed by atoms with Gasteiger partial charge in [0.2, 0.25) is 5.12 Å². The summed E-state index contributed by atoms with van der Waals surface area (Å²) in [6.07, 6.45) is 2.94. The Balaban J connectivity index is 1.25. The van der Waals surface area contributed by atoms with Gasteiger partial charge in [-0.1, -0.05) is 72.4 Å². The van der Waals surface area contributed by atoms with Gasteiger partial charge in [0.15, 0.2) is 5.79 Å². The Morgan fingerprint density at radius 3 is 2.43 bits per heavy atom. The van der Waals surface area contributed by atoms with Crippen LogP contribution in [0.2, 0.25) is 0 Å². The summed E-state index contributed by atoms with van der Waals surface area (Å²) in [6.45, 7) is 4.35. The first-order valence-corrected chi connectivity index (χ1v) is 10.9. The monoisotopic (exact) mass is 397 g/mol. The van der Waals surface area contributed by atoms with Gasteiger partial charge in [0.1, 0.15) is 0 Å². The van der Waals surface area contributed by atoms with Gasteiger partial charge in [0.05, 0.1) is 13.2 Å². The lowest BCUT2D eigenvalue weighted by molar-refractivity contribution is -0.172. The summed E-state index contributed by atoms with van der Waals surface area (Å²) in [7, 11) is 0. The second kappa shape index (κ2) is 9.23. The van der Waals surface area contributed by atoms with Crippen molar-refractivity contribution in [2.45, 2.75) is 30.3 Å². The van der Waals surface area contributed by atoms with E-state index in [9.17, 15) is 4.79 Å². The molecule has 2 aliphatic heterocycles. The number of carbonyl (C=O) groups is 1. The van der Waals surface area contributed by atoms with Crippen molar-refractivity contribution in [3.05, 3.63) is 71.8 Å². The summed E-state index contributed by atoms with van der Waals surface area (Å²) in [5.74, 6) is -0.585. The minimum atomic E-state index is -0.585. The Labute approximate surface area is 171 Å². The van der Waals surface area contributed by atoms with Gasteiger partial charge in [0.25, 0.3) is 0 Å². The first kappa shape index (κ1) is 19.6. The zero-order valence-electron chi connectivity index (χ0n) is 16.1. The van der Waals surface area contributed by atoms with Crippen LogP contribution in [0.3, 0.4) is 0 Å². The van der Waals surface area contributed by atoms with E-state index in [1.54, 1.807) is 0 Å². The van der Waals surface area contributed by atoms with Crippen molar-refractivity contribution >= 4 is 16.9 Å². The van der Waals surface area contributed by atoms with Crippen LogP contribution in [0.25, 0.3) is 0 Å². The van der Waals surface area contributed by atoms with Gasteiger partial charge in [0, 0.05) is 29.3 Å². The number of rotatable bonds is 7. The molecule has 28 heavy (non-hydrogen) atoms. The van der Waals surface area contributed by atoms with Crippen molar-refractivity contribution in [1.29, 1.82) is 0 Å². The van der Waals surface area contributed by atoms with Crippen LogP contribution in [0.1, 0.15) is 35.2 Å². The molecule has 0 saturated carbocycles. The number of nitrogens with zero attached hydrogens (tertiary/aromatic N) is 1. The Bertz CT molecular complexity index is 762. The minimum Gasteiger partial charge on any atom is -0.343 e. The zero-order chi connectivity index (χ0) is 19.2. The van der Waals surface area contributed by atoms with Crippen molar-refractivity contribution in [2.75, 3.05) is 32.8 Å². The van der Waals surface area contributed by atoms with E-state index >= 15 is 0 Å². The average molecular weight is 398 g/mol. The molecule has 0 spiro atoms. The Kier molecular flexibility index (Phi) is 6.47. The van der Waals surface area contributed by atoms with Gasteiger partial charge in [-0.15, -0.1) is 0 Å². The molecule has 1 unspecified atom stereocenters. The van der Waals surface area contributed by atoms with Gasteiger partial charge in [-0.2, -0.15) is 0 Å². The third-order valence-corrected chi connectivity index (χ3v) is 6.63. The second-order valence-electron chi connectivity index (χ2n) is 7.40. The molecule has 4 nitrogen and oxygen atoms in total. The predicted octanol–water partition coefficient (Wildman–Crippen LogP) is 4.31. The van der Waals surface area contributed by atoms with Crippen LogP contribution in [0.15, 0.2) is 60.7 Å². The van der Waals surface area contributed by atoms with Gasteiger partial charge in [-0.25, -0.2) is 0 Å². The van der Waals surface area contributed by atoms with Crippen molar-refractivity contribution in [2.24, 2.45) is 0 Å². The minimum absolute atomic E-state index is 0.184. The van der Waals surface area contributed by atoms with Crippen molar-refractivity contribution in [3.63, 3.8) is 0 Å². The van der Waals surface area contributed by atoms with Gasteiger partial charge in [-0.05, 0) is 25.9 Å². The fourth-order valence-corrected chi connectivity index (χ4v) is 5.11. The predicted molar refractivity (Wildman–Crippen MR) is 112 cm³/mol. The lowest BCUT2D eigenvalue weighted by Gasteiger charge is -2.28. The molecule has 2 heterocycles. The highest BCUT2D eigenvalue weighted by molar-refractivity contribution is 8.14. The SMILES string of the molecule is O=C(SC1CCN(CCCC2(c3ccccc3)OCCO2)C1)c1ccccc1. The van der Waals surface area contributed by atoms with E-state index < -0.39 is 5.79 Å². The highest BCUT2D eigenvalue weighted by Gasteiger charge is 2.38. The molecule has 0 N–H and O–H groups in total. The molecule has 0 aliphatic carbocycles. The quantitative estimate of drug-likeness (QED) is 0.696. The number of likely N-dealkylation sites (tertiary alicyclic amines) is 1. The van der Waals surface area contributed by atoms with Crippen LogP contribution in [0.5, 0.6) is 0 Å². The Morgan fingerprint density at radius 1 is 1.04 bits per heavy atom. The smallest absolute Gasteiger partial charge is 0.219 e. The molecule has 0 amide bonds. The maximum absolute atomic E-state index is 12.4. The van der Waals surface area contributed by atoms with E-state index in [1.165, 1.54) is 11.8 Å². The summed E-state index contributed by atoms with van der Waals surface area (Å²) in [5.41, 5.74) is 1.90. The van der Waals surface area contributed by atoms with E-state index in [0.29, 0.717) is 18.5 Å². The number of thioether (sulfide) groups is 1. The van der Waals surface area contributed by atoms with Gasteiger partial charge in [-0.3, -0.25) is 4.79 Å². The first-order chi connectivity index (χ1) is 13.8. The molecule has 0 radical (unpaired) electrons. The third kappa shape index (κ3) is 4.66. The number of carbonyl (C=O) groups excluding carboxylic acids is 1. The van der Waals surface area contributed by atoms with Crippen LogP contribution >= 0.6 is 11.8 Å². The second-order valence-corrected chi connectivity index (χ2v) is 8.68. The van der Waals surface area contributed by atoms with Gasteiger partial charge < -0.3 is 14.4 Å². The van der Waals surface area contributed by atoms with Crippen LogP contribution in [-0.2, 0) is 15.3 Å². The molecule has 1 atom stereocenters. The van der Waals surface area contributed by atoms with Crippen LogP contribution < -0.4 is 0 Å². The van der Waals surface area contributed by atoms with Crippen molar-refractivity contribution in [1.82, 2.24) is 4.90 Å². The van der Waals surface area contributed by atoms with Crippen LogP contribution in [0, 0.1) is 0 Å². The molecule has 2 fully saturated rings. The number of hydrogen-bond donors (Lipinski definition) is 0. The standard InChI is InChI=1S/C23H27NO3S/c25-22(19-8-3-1-4-9-19)28-21-12-15-24(18-21)14-7-13-23(26-16-17-27-23)20-10-5-2-6-11-20/h1-6,8-11,21H,7,12-18H2. The molecule has 0 aromatic heterocycles. The molecular formula is C23H27NO3S. The molecule has 4 rings (SSSR count). The van der Waals surface area contributed by atoms with E-state index in [0.717, 1.165) is 50.0 Å². The molecule has 148 valence electrons. The summed E-state index contributed by atoms with van der Waals surface area (Å²) < 4.78 is 12.0. The average Bonchev–Trinajstić information content (AvgIpc) is 3.40. The lowest BCUT2D eigenvalue weighted by Crippen LogP contribution is -2.30. The molecular weight excluding hydrogens is 370 g/mol. The maximum atomic E-state index is 12.4. The molecule has 2 aromatic rings. The maximum Gasteiger partial charge on any atom is 0.219 e. The van der Waals surface area contributed by atoms with Gasteiger partial charge >= 0.3 is 0 Å².